The molecule has 0 aliphatic carbocycles. The van der Waals surface area contributed by atoms with E-state index in [9.17, 15) is 0 Å². The van der Waals surface area contributed by atoms with E-state index in [4.69, 9.17) is 15.2 Å². The van der Waals surface area contributed by atoms with Gasteiger partial charge >= 0.3 is 0 Å². The van der Waals surface area contributed by atoms with Gasteiger partial charge in [-0.15, -0.1) is 0 Å². The van der Waals surface area contributed by atoms with Crippen LogP contribution < -0.4 is 15.2 Å². The molecule has 0 spiro atoms. The Morgan fingerprint density at radius 1 is 1.45 bits per heavy atom. The summed E-state index contributed by atoms with van der Waals surface area (Å²) < 4.78 is 13.4. The molecule has 2 aromatic rings. The van der Waals surface area contributed by atoms with Gasteiger partial charge in [0.2, 0.25) is 5.95 Å². The Morgan fingerprint density at radius 2 is 2.23 bits per heavy atom. The molecule has 0 aliphatic heterocycles. The van der Waals surface area contributed by atoms with Crippen molar-refractivity contribution < 1.29 is 9.47 Å². The molecule has 118 valence electrons. The van der Waals surface area contributed by atoms with Crippen molar-refractivity contribution in [1.82, 2.24) is 9.66 Å². The number of imidazole rings is 1. The van der Waals surface area contributed by atoms with E-state index >= 15 is 0 Å². The van der Waals surface area contributed by atoms with Crippen LogP contribution in [0.25, 0.3) is 0 Å². The van der Waals surface area contributed by atoms with E-state index in [1.807, 2.05) is 19.1 Å². The van der Waals surface area contributed by atoms with Crippen molar-refractivity contribution >= 4 is 28.1 Å². The van der Waals surface area contributed by atoms with Crippen LogP contribution in [0.4, 0.5) is 5.95 Å². The highest BCUT2D eigenvalue weighted by atomic mass is 79.9. The fourth-order valence-electron chi connectivity index (χ4n) is 1.88. The quantitative estimate of drug-likeness (QED) is 0.796. The fraction of sp³-hybridized carbons (Fsp3) is 0.333. The predicted molar refractivity (Wildman–Crippen MR) is 90.8 cm³/mol. The van der Waals surface area contributed by atoms with Crippen LogP contribution in [0.15, 0.2) is 27.9 Å². The van der Waals surface area contributed by atoms with Crippen LogP contribution in [-0.2, 0) is 0 Å². The Bertz CT molecular complexity index is 682. The Hall–Kier alpha value is -2.02. The summed E-state index contributed by atoms with van der Waals surface area (Å²) in [4.78, 5) is 4.10. The van der Waals surface area contributed by atoms with E-state index in [-0.39, 0.29) is 0 Å². The second-order valence-electron chi connectivity index (χ2n) is 4.71. The van der Waals surface area contributed by atoms with Gasteiger partial charge < -0.3 is 15.2 Å². The number of benzene rings is 1. The van der Waals surface area contributed by atoms with Gasteiger partial charge in [-0.3, -0.25) is 0 Å². The molecule has 0 radical (unpaired) electrons. The van der Waals surface area contributed by atoms with Crippen molar-refractivity contribution in [3.63, 3.8) is 0 Å². The zero-order valence-electron chi connectivity index (χ0n) is 12.8. The molecular weight excluding hydrogens is 348 g/mol. The summed E-state index contributed by atoms with van der Waals surface area (Å²) >= 11 is 3.50. The van der Waals surface area contributed by atoms with Gasteiger partial charge in [0.15, 0.2) is 11.5 Å². The number of aromatic nitrogens is 2. The number of anilines is 1. The molecule has 6 nitrogen and oxygen atoms in total. The molecular formula is C15H19BrN4O2. The van der Waals surface area contributed by atoms with E-state index < -0.39 is 0 Å². The van der Waals surface area contributed by atoms with Crippen molar-refractivity contribution in [1.29, 1.82) is 0 Å². The number of halogens is 1. The number of rotatable bonds is 6. The van der Waals surface area contributed by atoms with E-state index in [1.165, 1.54) is 4.68 Å². The van der Waals surface area contributed by atoms with Crippen LogP contribution >= 0.6 is 15.9 Å². The topological polar surface area (TPSA) is 74.7 Å². The van der Waals surface area contributed by atoms with Crippen molar-refractivity contribution in [2.75, 3.05) is 19.5 Å². The maximum atomic E-state index is 5.75. The zero-order chi connectivity index (χ0) is 16.1. The number of hydrogen-bond acceptors (Lipinski definition) is 5. The number of nitrogens with zero attached hydrogens (tertiary/aromatic N) is 3. The maximum absolute atomic E-state index is 5.75. The lowest BCUT2D eigenvalue weighted by atomic mass is 10.2. The lowest BCUT2D eigenvalue weighted by Gasteiger charge is -2.12. The third-order valence-electron chi connectivity index (χ3n) is 2.87. The number of ether oxygens (including phenoxy) is 2. The molecule has 0 saturated heterocycles. The average Bonchev–Trinajstić information content (AvgIpc) is 2.81. The first-order chi connectivity index (χ1) is 10.5. The van der Waals surface area contributed by atoms with Crippen LogP contribution in [0.2, 0.25) is 0 Å². The monoisotopic (exact) mass is 366 g/mol. The van der Waals surface area contributed by atoms with Crippen LogP contribution in [-0.4, -0.2) is 29.6 Å². The molecule has 0 atom stereocenters. The van der Waals surface area contributed by atoms with Crippen molar-refractivity contribution in [3.05, 3.63) is 34.1 Å². The summed E-state index contributed by atoms with van der Waals surface area (Å²) in [5.74, 6) is 1.70. The number of methoxy groups -OCH3 is 1. The van der Waals surface area contributed by atoms with Crippen LogP contribution in [0.3, 0.4) is 0 Å². The highest BCUT2D eigenvalue weighted by Gasteiger charge is 2.11. The highest BCUT2D eigenvalue weighted by Crippen LogP contribution is 2.36. The van der Waals surface area contributed by atoms with E-state index in [0.717, 1.165) is 22.2 Å². The Balaban J connectivity index is 2.28. The number of hydrogen-bond donors (Lipinski definition) is 1. The summed E-state index contributed by atoms with van der Waals surface area (Å²) in [5, 5.41) is 4.29. The van der Waals surface area contributed by atoms with Crippen LogP contribution in [0.5, 0.6) is 11.5 Å². The van der Waals surface area contributed by atoms with Gasteiger partial charge in [0.05, 0.1) is 36.3 Å². The SMILES string of the molecule is CCCOc1c(Br)cc(C=Nn2cc(C)nc2N)cc1OC. The molecule has 0 fully saturated rings. The first-order valence-electron chi connectivity index (χ1n) is 6.91. The molecule has 0 unspecified atom stereocenters. The van der Waals surface area contributed by atoms with Gasteiger partial charge in [0, 0.05) is 0 Å². The Labute approximate surface area is 138 Å². The first kappa shape index (κ1) is 16.4. The maximum Gasteiger partial charge on any atom is 0.221 e. The average molecular weight is 367 g/mol. The lowest BCUT2D eigenvalue weighted by molar-refractivity contribution is 0.292. The minimum absolute atomic E-state index is 0.350. The van der Waals surface area contributed by atoms with Crippen LogP contribution in [0.1, 0.15) is 24.6 Å². The summed E-state index contributed by atoms with van der Waals surface area (Å²) in [6.45, 7) is 4.55. The molecule has 0 amide bonds. The second-order valence-corrected chi connectivity index (χ2v) is 5.57. The molecule has 0 saturated carbocycles. The second kappa shape index (κ2) is 7.31. The van der Waals surface area contributed by atoms with Gasteiger partial charge in [-0.1, -0.05) is 6.92 Å². The van der Waals surface area contributed by atoms with Crippen molar-refractivity contribution in [3.8, 4) is 11.5 Å². The van der Waals surface area contributed by atoms with Gasteiger partial charge in [-0.2, -0.15) is 5.10 Å². The molecule has 1 aromatic carbocycles. The molecule has 1 heterocycles. The lowest BCUT2D eigenvalue weighted by Crippen LogP contribution is -2.00. The third kappa shape index (κ3) is 3.79. The van der Waals surface area contributed by atoms with Crippen molar-refractivity contribution in [2.45, 2.75) is 20.3 Å². The van der Waals surface area contributed by atoms with Crippen molar-refractivity contribution in [2.24, 2.45) is 5.10 Å². The Kier molecular flexibility index (Phi) is 5.43. The molecule has 1 aromatic heterocycles. The van der Waals surface area contributed by atoms with Gasteiger partial charge in [-0.05, 0) is 47.0 Å². The normalized spacial score (nSPS) is 11.1. The molecule has 0 bridgehead atoms. The standard InChI is InChI=1S/C15H19BrN4O2/c1-4-5-22-14-12(16)6-11(7-13(14)21-3)8-18-20-9-10(2)19-15(20)17/h6-9H,4-5H2,1-3H3,(H2,17,19). The highest BCUT2D eigenvalue weighted by molar-refractivity contribution is 9.10. The zero-order valence-corrected chi connectivity index (χ0v) is 14.4. The third-order valence-corrected chi connectivity index (χ3v) is 3.46. The van der Waals surface area contributed by atoms with E-state index in [1.54, 1.807) is 19.5 Å². The summed E-state index contributed by atoms with van der Waals surface area (Å²) in [6, 6.07) is 3.77. The molecule has 7 heteroatoms. The largest absolute Gasteiger partial charge is 0.493 e. The number of aryl methyl sites for hydroxylation is 1. The molecule has 2 N–H and O–H groups in total. The van der Waals surface area contributed by atoms with Crippen LogP contribution in [0, 0.1) is 6.92 Å². The summed E-state index contributed by atoms with van der Waals surface area (Å²) in [5.41, 5.74) is 7.43. The predicted octanol–water partition coefficient (Wildman–Crippen LogP) is 3.22. The first-order valence-corrected chi connectivity index (χ1v) is 7.70. The Morgan fingerprint density at radius 3 is 2.82 bits per heavy atom. The summed E-state index contributed by atoms with van der Waals surface area (Å²) in [7, 11) is 1.61. The van der Waals surface area contributed by atoms with E-state index in [0.29, 0.717) is 24.1 Å². The number of nitrogen functional groups attached to an aromatic ring is 1. The molecule has 22 heavy (non-hydrogen) atoms. The molecule has 0 aliphatic rings. The van der Waals surface area contributed by atoms with Gasteiger partial charge in [0.25, 0.3) is 0 Å². The molecule has 2 rings (SSSR count). The van der Waals surface area contributed by atoms with E-state index in [2.05, 4.69) is 32.9 Å². The fourth-order valence-corrected chi connectivity index (χ4v) is 2.46. The minimum atomic E-state index is 0.350. The number of nitrogens with two attached hydrogens (primary N) is 1. The smallest absolute Gasteiger partial charge is 0.221 e. The minimum Gasteiger partial charge on any atom is -0.493 e. The van der Waals surface area contributed by atoms with Gasteiger partial charge in [0.1, 0.15) is 0 Å². The summed E-state index contributed by atoms with van der Waals surface area (Å²) in [6.07, 6.45) is 4.38. The van der Waals surface area contributed by atoms with Gasteiger partial charge in [-0.25, -0.2) is 9.66 Å².